The monoisotopic (exact) mass is 277 g/mol. The number of sulfonamides is 1. The van der Waals surface area contributed by atoms with Crippen molar-refractivity contribution >= 4 is 10.0 Å². The van der Waals surface area contributed by atoms with Gasteiger partial charge in [-0.15, -0.1) is 0 Å². The molecule has 5 heteroatoms. The van der Waals surface area contributed by atoms with E-state index in [-0.39, 0.29) is 11.5 Å². The van der Waals surface area contributed by atoms with Crippen LogP contribution in [0.1, 0.15) is 11.6 Å². The summed E-state index contributed by atoms with van der Waals surface area (Å²) in [5.41, 5.74) is 0.726. The van der Waals surface area contributed by atoms with Crippen molar-refractivity contribution in [3.63, 3.8) is 0 Å². The summed E-state index contributed by atoms with van der Waals surface area (Å²) >= 11 is 0. The predicted molar refractivity (Wildman–Crippen MR) is 73.0 cm³/mol. The maximum absolute atomic E-state index is 12.2. The Balaban J connectivity index is 2.24. The Labute approximate surface area is 112 Å². The van der Waals surface area contributed by atoms with Crippen molar-refractivity contribution in [2.24, 2.45) is 0 Å². The number of benzene rings is 2. The number of rotatable bonds is 5. The second kappa shape index (κ2) is 5.97. The summed E-state index contributed by atoms with van der Waals surface area (Å²) in [4.78, 5) is 0.185. The van der Waals surface area contributed by atoms with Gasteiger partial charge in [0.25, 0.3) is 0 Å². The highest BCUT2D eigenvalue weighted by Gasteiger charge is 2.20. The number of aliphatic hydroxyl groups is 1. The number of hydrogen-bond donors (Lipinski definition) is 2. The summed E-state index contributed by atoms with van der Waals surface area (Å²) in [5.74, 6) is 0. The quantitative estimate of drug-likeness (QED) is 0.874. The van der Waals surface area contributed by atoms with Crippen molar-refractivity contribution in [1.82, 2.24) is 4.72 Å². The highest BCUT2D eigenvalue weighted by molar-refractivity contribution is 7.89. The molecule has 2 N–H and O–H groups in total. The normalized spacial score (nSPS) is 13.1. The first-order chi connectivity index (χ1) is 9.13. The molecular weight excluding hydrogens is 262 g/mol. The van der Waals surface area contributed by atoms with E-state index >= 15 is 0 Å². The molecule has 0 aromatic heterocycles. The molecule has 0 heterocycles. The largest absolute Gasteiger partial charge is 0.394 e. The lowest BCUT2D eigenvalue weighted by Crippen LogP contribution is -2.30. The fourth-order valence-corrected chi connectivity index (χ4v) is 2.99. The van der Waals surface area contributed by atoms with E-state index in [1.807, 2.05) is 6.07 Å². The fraction of sp³-hybridized carbons (Fsp3) is 0.143. The molecule has 0 fully saturated rings. The summed E-state index contributed by atoms with van der Waals surface area (Å²) in [6.45, 7) is -0.296. The molecule has 0 saturated heterocycles. The third-order valence-electron chi connectivity index (χ3n) is 2.74. The summed E-state index contributed by atoms with van der Waals surface area (Å²) in [6, 6.07) is 16.4. The van der Waals surface area contributed by atoms with Gasteiger partial charge in [-0.2, -0.15) is 0 Å². The summed E-state index contributed by atoms with van der Waals surface area (Å²) in [7, 11) is -3.63. The third kappa shape index (κ3) is 3.41. The number of aliphatic hydroxyl groups excluding tert-OH is 1. The first-order valence-corrected chi connectivity index (χ1v) is 7.35. The zero-order valence-corrected chi connectivity index (χ0v) is 11.0. The van der Waals surface area contributed by atoms with Crippen LogP contribution in [0, 0.1) is 0 Å². The van der Waals surface area contributed by atoms with Gasteiger partial charge in [-0.1, -0.05) is 48.5 Å². The van der Waals surface area contributed by atoms with Crippen molar-refractivity contribution in [2.75, 3.05) is 6.61 Å². The van der Waals surface area contributed by atoms with Crippen LogP contribution in [0.25, 0.3) is 0 Å². The summed E-state index contributed by atoms with van der Waals surface area (Å²) in [6.07, 6.45) is 0. The van der Waals surface area contributed by atoms with Gasteiger partial charge in [0.05, 0.1) is 17.5 Å². The molecule has 0 aliphatic carbocycles. The second-order valence-electron chi connectivity index (χ2n) is 4.08. The Hall–Kier alpha value is -1.69. The predicted octanol–water partition coefficient (Wildman–Crippen LogP) is 1.70. The van der Waals surface area contributed by atoms with Crippen LogP contribution in [0.3, 0.4) is 0 Å². The molecule has 2 aromatic rings. The minimum absolute atomic E-state index is 0.185. The van der Waals surface area contributed by atoms with Gasteiger partial charge in [0, 0.05) is 0 Å². The lowest BCUT2D eigenvalue weighted by Gasteiger charge is -2.16. The molecule has 1 unspecified atom stereocenters. The molecule has 19 heavy (non-hydrogen) atoms. The van der Waals surface area contributed by atoms with Crippen LogP contribution >= 0.6 is 0 Å². The maximum atomic E-state index is 12.2. The molecule has 100 valence electrons. The molecule has 2 aromatic carbocycles. The van der Waals surface area contributed by atoms with Crippen molar-refractivity contribution in [3.8, 4) is 0 Å². The second-order valence-corrected chi connectivity index (χ2v) is 5.79. The zero-order valence-electron chi connectivity index (χ0n) is 10.2. The molecule has 0 bridgehead atoms. The molecule has 0 radical (unpaired) electrons. The highest BCUT2D eigenvalue weighted by atomic mass is 32.2. The van der Waals surface area contributed by atoms with Gasteiger partial charge in [0.15, 0.2) is 0 Å². The first kappa shape index (κ1) is 13.7. The van der Waals surface area contributed by atoms with E-state index in [1.165, 1.54) is 12.1 Å². The van der Waals surface area contributed by atoms with Crippen LogP contribution < -0.4 is 4.72 Å². The van der Waals surface area contributed by atoms with Gasteiger partial charge in [0.1, 0.15) is 0 Å². The Bertz CT molecular complexity index is 612. The molecule has 0 amide bonds. The molecule has 1 atom stereocenters. The Morgan fingerprint density at radius 3 is 2.00 bits per heavy atom. The molecule has 0 aliphatic rings. The van der Waals surface area contributed by atoms with Crippen molar-refractivity contribution in [2.45, 2.75) is 10.9 Å². The highest BCUT2D eigenvalue weighted by Crippen LogP contribution is 2.16. The Kier molecular flexibility index (Phi) is 4.31. The average molecular weight is 277 g/mol. The Morgan fingerprint density at radius 1 is 0.947 bits per heavy atom. The lowest BCUT2D eigenvalue weighted by atomic mass is 10.1. The molecule has 0 aliphatic heterocycles. The van der Waals surface area contributed by atoms with Crippen molar-refractivity contribution in [3.05, 3.63) is 66.2 Å². The van der Waals surface area contributed by atoms with E-state index in [4.69, 9.17) is 0 Å². The van der Waals surface area contributed by atoms with Gasteiger partial charge >= 0.3 is 0 Å². The van der Waals surface area contributed by atoms with Crippen LogP contribution in [-0.4, -0.2) is 20.1 Å². The summed E-state index contributed by atoms with van der Waals surface area (Å²) < 4.78 is 26.8. The first-order valence-electron chi connectivity index (χ1n) is 5.86. The number of nitrogens with one attached hydrogen (secondary N) is 1. The van der Waals surface area contributed by atoms with Gasteiger partial charge in [0.2, 0.25) is 10.0 Å². The van der Waals surface area contributed by atoms with E-state index < -0.39 is 16.1 Å². The molecule has 4 nitrogen and oxygen atoms in total. The third-order valence-corrected chi connectivity index (χ3v) is 4.22. The number of hydrogen-bond acceptors (Lipinski definition) is 3. The molecular formula is C14H15NO3S. The molecule has 2 rings (SSSR count). The van der Waals surface area contributed by atoms with E-state index in [2.05, 4.69) is 4.72 Å². The maximum Gasteiger partial charge on any atom is 0.241 e. The minimum Gasteiger partial charge on any atom is -0.394 e. The van der Waals surface area contributed by atoms with E-state index in [9.17, 15) is 13.5 Å². The lowest BCUT2D eigenvalue weighted by molar-refractivity contribution is 0.259. The molecule has 0 spiro atoms. The average Bonchev–Trinajstić information content (AvgIpc) is 2.47. The fourth-order valence-electron chi connectivity index (χ4n) is 1.75. The van der Waals surface area contributed by atoms with E-state index in [0.717, 1.165) is 5.56 Å². The van der Waals surface area contributed by atoms with Crippen molar-refractivity contribution < 1.29 is 13.5 Å². The smallest absolute Gasteiger partial charge is 0.241 e. The topological polar surface area (TPSA) is 66.4 Å². The zero-order chi connectivity index (χ0) is 13.7. The molecule has 0 saturated carbocycles. The van der Waals surface area contributed by atoms with Gasteiger partial charge < -0.3 is 5.11 Å². The van der Waals surface area contributed by atoms with Gasteiger partial charge in [-0.3, -0.25) is 0 Å². The van der Waals surface area contributed by atoms with Crippen LogP contribution in [0.2, 0.25) is 0 Å². The standard InChI is InChI=1S/C14H15NO3S/c16-11-14(12-7-3-1-4-8-12)15-19(17,18)13-9-5-2-6-10-13/h1-10,14-16H,11H2. The van der Waals surface area contributed by atoms with Crippen LogP contribution in [0.5, 0.6) is 0 Å². The van der Waals surface area contributed by atoms with Crippen LogP contribution in [-0.2, 0) is 10.0 Å². The summed E-state index contributed by atoms with van der Waals surface area (Å²) in [5, 5.41) is 9.36. The van der Waals surface area contributed by atoms with Crippen molar-refractivity contribution in [1.29, 1.82) is 0 Å². The van der Waals surface area contributed by atoms with Crippen LogP contribution in [0.15, 0.2) is 65.6 Å². The van der Waals surface area contributed by atoms with E-state index in [1.54, 1.807) is 42.5 Å². The SMILES string of the molecule is O=S(=O)(NC(CO)c1ccccc1)c1ccccc1. The van der Waals surface area contributed by atoms with E-state index in [0.29, 0.717) is 0 Å². The minimum atomic E-state index is -3.63. The van der Waals surface area contributed by atoms with Gasteiger partial charge in [-0.25, -0.2) is 13.1 Å². The Morgan fingerprint density at radius 2 is 1.47 bits per heavy atom. The van der Waals surface area contributed by atoms with Gasteiger partial charge in [-0.05, 0) is 17.7 Å². The van der Waals surface area contributed by atoms with Crippen LogP contribution in [0.4, 0.5) is 0 Å².